The zero-order valence-corrected chi connectivity index (χ0v) is 13.0. The molecule has 0 saturated heterocycles. The third kappa shape index (κ3) is 3.39. The minimum atomic E-state index is -0.850. The standard InChI is InChI=1S/C15H18BrNO3/c1-17(9-10-4-2-5-11(16)8-10)14(18)12-6-3-7-13(12)15(19)20/h2,4-5,8,12-13H,3,6-7,9H2,1H3,(H,19,20). The smallest absolute Gasteiger partial charge is 0.307 e. The highest BCUT2D eigenvalue weighted by Gasteiger charge is 2.38. The van der Waals surface area contributed by atoms with E-state index in [0.29, 0.717) is 19.4 Å². The van der Waals surface area contributed by atoms with Gasteiger partial charge in [0.15, 0.2) is 0 Å². The fourth-order valence-electron chi connectivity index (χ4n) is 2.82. The van der Waals surface area contributed by atoms with Crippen LogP contribution in [0, 0.1) is 11.8 Å². The Morgan fingerprint density at radius 1 is 1.35 bits per heavy atom. The van der Waals surface area contributed by atoms with Crippen LogP contribution in [0.25, 0.3) is 0 Å². The largest absolute Gasteiger partial charge is 0.481 e. The van der Waals surface area contributed by atoms with Crippen molar-refractivity contribution in [2.24, 2.45) is 11.8 Å². The number of nitrogens with zero attached hydrogens (tertiary/aromatic N) is 1. The topological polar surface area (TPSA) is 57.6 Å². The van der Waals surface area contributed by atoms with Crippen LogP contribution in [0.15, 0.2) is 28.7 Å². The second-order valence-corrected chi connectivity index (χ2v) is 6.22. The molecule has 1 aliphatic carbocycles. The summed E-state index contributed by atoms with van der Waals surface area (Å²) in [6.45, 7) is 0.501. The molecule has 0 aliphatic heterocycles. The Kier molecular flexibility index (Phi) is 4.81. The zero-order chi connectivity index (χ0) is 14.7. The van der Waals surface area contributed by atoms with Crippen molar-refractivity contribution in [3.8, 4) is 0 Å². The minimum absolute atomic E-state index is 0.0603. The molecule has 20 heavy (non-hydrogen) atoms. The molecule has 0 bridgehead atoms. The van der Waals surface area contributed by atoms with Crippen molar-refractivity contribution >= 4 is 27.8 Å². The number of carbonyl (C=O) groups is 2. The Morgan fingerprint density at radius 3 is 2.70 bits per heavy atom. The molecule has 0 aromatic heterocycles. The van der Waals surface area contributed by atoms with E-state index in [0.717, 1.165) is 16.5 Å². The number of carboxylic acid groups (broad SMARTS) is 1. The molecule has 1 N–H and O–H groups in total. The summed E-state index contributed by atoms with van der Waals surface area (Å²) >= 11 is 3.40. The quantitative estimate of drug-likeness (QED) is 0.917. The molecular formula is C15H18BrNO3. The first-order valence-corrected chi connectivity index (χ1v) is 7.50. The Bertz CT molecular complexity index is 518. The molecule has 2 rings (SSSR count). The van der Waals surface area contributed by atoms with Crippen molar-refractivity contribution in [1.82, 2.24) is 4.90 Å². The molecular weight excluding hydrogens is 322 g/mol. The first kappa shape index (κ1) is 15.0. The van der Waals surface area contributed by atoms with Crippen molar-refractivity contribution < 1.29 is 14.7 Å². The van der Waals surface area contributed by atoms with Crippen LogP contribution < -0.4 is 0 Å². The highest BCUT2D eigenvalue weighted by Crippen LogP contribution is 2.33. The van der Waals surface area contributed by atoms with Gasteiger partial charge in [0.05, 0.1) is 11.8 Å². The van der Waals surface area contributed by atoms with E-state index < -0.39 is 11.9 Å². The van der Waals surface area contributed by atoms with Crippen molar-refractivity contribution in [3.05, 3.63) is 34.3 Å². The van der Waals surface area contributed by atoms with Gasteiger partial charge in [0, 0.05) is 18.1 Å². The van der Waals surface area contributed by atoms with Crippen LogP contribution in [0.3, 0.4) is 0 Å². The van der Waals surface area contributed by atoms with Crippen LogP contribution in [0.2, 0.25) is 0 Å². The molecule has 1 fully saturated rings. The number of amides is 1. The molecule has 0 radical (unpaired) electrons. The monoisotopic (exact) mass is 339 g/mol. The highest BCUT2D eigenvalue weighted by atomic mass is 79.9. The van der Waals surface area contributed by atoms with E-state index in [2.05, 4.69) is 15.9 Å². The van der Waals surface area contributed by atoms with Gasteiger partial charge in [0.25, 0.3) is 0 Å². The Morgan fingerprint density at radius 2 is 2.05 bits per heavy atom. The molecule has 0 spiro atoms. The lowest BCUT2D eigenvalue weighted by Crippen LogP contribution is -2.36. The van der Waals surface area contributed by atoms with E-state index in [1.54, 1.807) is 11.9 Å². The van der Waals surface area contributed by atoms with E-state index in [1.165, 1.54) is 0 Å². The van der Waals surface area contributed by atoms with Gasteiger partial charge in [0.2, 0.25) is 5.91 Å². The maximum Gasteiger partial charge on any atom is 0.307 e. The van der Waals surface area contributed by atoms with Crippen LogP contribution in [0.4, 0.5) is 0 Å². The fourth-order valence-corrected chi connectivity index (χ4v) is 3.27. The predicted molar refractivity (Wildman–Crippen MR) is 79.1 cm³/mol. The molecule has 0 heterocycles. The number of benzene rings is 1. The van der Waals surface area contributed by atoms with Gasteiger partial charge in [-0.25, -0.2) is 0 Å². The SMILES string of the molecule is CN(Cc1cccc(Br)c1)C(=O)C1CCCC1C(=O)O. The van der Waals surface area contributed by atoms with Gasteiger partial charge >= 0.3 is 5.97 Å². The average Bonchev–Trinajstić information content (AvgIpc) is 2.87. The number of carbonyl (C=O) groups excluding carboxylic acids is 1. The minimum Gasteiger partial charge on any atom is -0.481 e. The highest BCUT2D eigenvalue weighted by molar-refractivity contribution is 9.10. The van der Waals surface area contributed by atoms with Gasteiger partial charge in [-0.05, 0) is 30.5 Å². The van der Waals surface area contributed by atoms with Crippen LogP contribution in [0.5, 0.6) is 0 Å². The molecule has 1 aromatic rings. The van der Waals surface area contributed by atoms with Crippen molar-refractivity contribution in [3.63, 3.8) is 0 Å². The summed E-state index contributed by atoms with van der Waals surface area (Å²) in [4.78, 5) is 25.2. The summed E-state index contributed by atoms with van der Waals surface area (Å²) in [5, 5.41) is 9.16. The summed E-state index contributed by atoms with van der Waals surface area (Å²) in [5.74, 6) is -1.80. The van der Waals surface area contributed by atoms with Crippen molar-refractivity contribution in [1.29, 1.82) is 0 Å². The van der Waals surface area contributed by atoms with Gasteiger partial charge < -0.3 is 10.0 Å². The lowest BCUT2D eigenvalue weighted by molar-refractivity contribution is -0.148. The van der Waals surface area contributed by atoms with Gasteiger partial charge in [-0.15, -0.1) is 0 Å². The maximum absolute atomic E-state index is 12.4. The molecule has 4 nitrogen and oxygen atoms in total. The lowest BCUT2D eigenvalue weighted by Gasteiger charge is -2.23. The third-order valence-corrected chi connectivity index (χ3v) is 4.33. The molecule has 2 unspecified atom stereocenters. The molecule has 5 heteroatoms. The lowest BCUT2D eigenvalue weighted by atomic mass is 9.95. The maximum atomic E-state index is 12.4. The number of rotatable bonds is 4. The van der Waals surface area contributed by atoms with E-state index in [9.17, 15) is 9.59 Å². The second-order valence-electron chi connectivity index (χ2n) is 5.31. The number of hydrogen-bond donors (Lipinski definition) is 1. The van der Waals surface area contributed by atoms with Crippen LogP contribution in [0.1, 0.15) is 24.8 Å². The molecule has 1 aromatic carbocycles. The second kappa shape index (κ2) is 6.39. The molecule has 108 valence electrons. The summed E-state index contributed by atoms with van der Waals surface area (Å²) in [5.41, 5.74) is 1.03. The third-order valence-electron chi connectivity index (χ3n) is 3.84. The molecule has 2 atom stereocenters. The van der Waals surface area contributed by atoms with Crippen molar-refractivity contribution in [2.45, 2.75) is 25.8 Å². The van der Waals surface area contributed by atoms with E-state index in [4.69, 9.17) is 5.11 Å². The van der Waals surface area contributed by atoms with Crippen LogP contribution in [-0.2, 0) is 16.1 Å². The fraction of sp³-hybridized carbons (Fsp3) is 0.467. The number of aliphatic carboxylic acids is 1. The first-order chi connectivity index (χ1) is 9.49. The number of hydrogen-bond acceptors (Lipinski definition) is 2. The van der Waals surface area contributed by atoms with Crippen molar-refractivity contribution in [2.75, 3.05) is 7.05 Å². The van der Waals surface area contributed by atoms with E-state index in [1.807, 2.05) is 24.3 Å². The molecule has 1 aliphatic rings. The van der Waals surface area contributed by atoms with Gasteiger partial charge in [-0.1, -0.05) is 34.5 Å². The Balaban J connectivity index is 2.03. The number of carboxylic acids is 1. The Labute approximate surface area is 126 Å². The summed E-state index contributed by atoms with van der Waals surface area (Å²) in [6, 6.07) is 7.78. The first-order valence-electron chi connectivity index (χ1n) is 6.71. The molecule has 1 saturated carbocycles. The van der Waals surface area contributed by atoms with E-state index >= 15 is 0 Å². The summed E-state index contributed by atoms with van der Waals surface area (Å²) in [7, 11) is 1.74. The predicted octanol–water partition coefficient (Wildman–Crippen LogP) is 2.91. The number of halogens is 1. The van der Waals surface area contributed by atoms with Gasteiger partial charge in [-0.3, -0.25) is 9.59 Å². The van der Waals surface area contributed by atoms with Gasteiger partial charge in [0.1, 0.15) is 0 Å². The zero-order valence-electron chi connectivity index (χ0n) is 11.4. The van der Waals surface area contributed by atoms with Crippen LogP contribution >= 0.6 is 15.9 Å². The van der Waals surface area contributed by atoms with Crippen LogP contribution in [-0.4, -0.2) is 28.9 Å². The van der Waals surface area contributed by atoms with E-state index in [-0.39, 0.29) is 11.8 Å². The summed E-state index contributed by atoms with van der Waals surface area (Å²) in [6.07, 6.45) is 2.10. The van der Waals surface area contributed by atoms with Gasteiger partial charge in [-0.2, -0.15) is 0 Å². The Hall–Kier alpha value is -1.36. The summed E-state index contributed by atoms with van der Waals surface area (Å²) < 4.78 is 0.972. The normalized spacial score (nSPS) is 21.7. The molecule has 1 amide bonds. The average molecular weight is 340 g/mol.